The lowest BCUT2D eigenvalue weighted by molar-refractivity contribution is 0.418. The Balaban J connectivity index is 2.72. The number of hydrogen-bond donors (Lipinski definition) is 1. The molecule has 2 rings (SSSR count). The zero-order chi connectivity index (χ0) is 10.1. The number of nitrogens with two attached hydrogens (primary N) is 1. The molecule has 0 aliphatic rings. The Morgan fingerprint density at radius 2 is 2.29 bits per heavy atom. The fourth-order valence-electron chi connectivity index (χ4n) is 1.56. The molecule has 0 saturated heterocycles. The van der Waals surface area contributed by atoms with Gasteiger partial charge in [0, 0.05) is 25.2 Å². The first kappa shape index (κ1) is 9.02. The number of aromatic nitrogens is 2. The van der Waals surface area contributed by atoms with Crippen LogP contribution in [0.1, 0.15) is 5.56 Å². The average Bonchev–Trinajstić information content (AvgIpc) is 2.56. The van der Waals surface area contributed by atoms with Gasteiger partial charge >= 0.3 is 0 Å². The Bertz CT molecular complexity index is 462. The second-order valence-electron chi connectivity index (χ2n) is 3.24. The SMILES string of the molecule is COc1cc(CN)cc2cn(C)nc12. The van der Waals surface area contributed by atoms with E-state index in [4.69, 9.17) is 10.5 Å². The summed E-state index contributed by atoms with van der Waals surface area (Å²) in [7, 11) is 3.53. The number of nitrogens with zero attached hydrogens (tertiary/aromatic N) is 2. The summed E-state index contributed by atoms with van der Waals surface area (Å²) in [6, 6.07) is 3.96. The van der Waals surface area contributed by atoms with Crippen LogP contribution in [-0.2, 0) is 13.6 Å². The van der Waals surface area contributed by atoms with Crippen LogP contribution in [-0.4, -0.2) is 16.9 Å². The highest BCUT2D eigenvalue weighted by Gasteiger charge is 2.07. The number of ether oxygens (including phenoxy) is 1. The van der Waals surface area contributed by atoms with Crippen molar-refractivity contribution in [3.63, 3.8) is 0 Å². The molecule has 14 heavy (non-hydrogen) atoms. The van der Waals surface area contributed by atoms with Crippen molar-refractivity contribution in [2.75, 3.05) is 7.11 Å². The molecule has 74 valence electrons. The minimum Gasteiger partial charge on any atom is -0.494 e. The molecule has 0 fully saturated rings. The fraction of sp³-hybridized carbons (Fsp3) is 0.300. The Hall–Kier alpha value is -1.55. The third kappa shape index (κ3) is 1.33. The van der Waals surface area contributed by atoms with Gasteiger partial charge in [-0.05, 0) is 17.7 Å². The van der Waals surface area contributed by atoms with Crippen molar-refractivity contribution in [3.05, 3.63) is 23.9 Å². The molecule has 0 aliphatic carbocycles. The predicted molar refractivity (Wildman–Crippen MR) is 55.2 cm³/mol. The molecule has 0 bridgehead atoms. The Labute approximate surface area is 82.3 Å². The molecule has 2 N–H and O–H groups in total. The molecule has 0 amide bonds. The second kappa shape index (κ2) is 3.31. The molecule has 0 aliphatic heterocycles. The average molecular weight is 191 g/mol. The van der Waals surface area contributed by atoms with Crippen LogP contribution in [0.5, 0.6) is 5.75 Å². The van der Waals surface area contributed by atoms with Crippen LogP contribution in [0.4, 0.5) is 0 Å². The quantitative estimate of drug-likeness (QED) is 0.771. The van der Waals surface area contributed by atoms with Crippen molar-refractivity contribution in [2.24, 2.45) is 12.8 Å². The monoisotopic (exact) mass is 191 g/mol. The van der Waals surface area contributed by atoms with E-state index in [1.165, 1.54) is 0 Å². The normalized spacial score (nSPS) is 10.8. The van der Waals surface area contributed by atoms with Gasteiger partial charge in [0.2, 0.25) is 0 Å². The minimum atomic E-state index is 0.515. The van der Waals surface area contributed by atoms with Crippen molar-refractivity contribution in [1.29, 1.82) is 0 Å². The largest absolute Gasteiger partial charge is 0.494 e. The third-order valence-electron chi connectivity index (χ3n) is 2.20. The highest BCUT2D eigenvalue weighted by molar-refractivity contribution is 5.85. The van der Waals surface area contributed by atoms with Gasteiger partial charge in [0.1, 0.15) is 11.3 Å². The van der Waals surface area contributed by atoms with Crippen molar-refractivity contribution >= 4 is 10.9 Å². The first-order chi connectivity index (χ1) is 6.74. The highest BCUT2D eigenvalue weighted by Crippen LogP contribution is 2.25. The van der Waals surface area contributed by atoms with Crippen LogP contribution in [0.25, 0.3) is 10.9 Å². The maximum atomic E-state index is 5.59. The summed E-state index contributed by atoms with van der Waals surface area (Å²) in [6.45, 7) is 0.515. The van der Waals surface area contributed by atoms with Gasteiger partial charge in [-0.2, -0.15) is 5.10 Å². The molecule has 1 heterocycles. The molecule has 0 radical (unpaired) electrons. The molecule has 0 saturated carbocycles. The summed E-state index contributed by atoms with van der Waals surface area (Å²) < 4.78 is 7.02. The lowest BCUT2D eigenvalue weighted by atomic mass is 10.1. The number of aryl methyl sites for hydroxylation is 1. The van der Waals surface area contributed by atoms with E-state index >= 15 is 0 Å². The van der Waals surface area contributed by atoms with E-state index < -0.39 is 0 Å². The maximum absolute atomic E-state index is 5.59. The third-order valence-corrected chi connectivity index (χ3v) is 2.20. The minimum absolute atomic E-state index is 0.515. The van der Waals surface area contributed by atoms with Gasteiger partial charge < -0.3 is 10.5 Å². The summed E-state index contributed by atoms with van der Waals surface area (Å²) in [4.78, 5) is 0. The van der Waals surface area contributed by atoms with Crippen molar-refractivity contribution in [1.82, 2.24) is 9.78 Å². The smallest absolute Gasteiger partial charge is 0.147 e. The molecule has 1 aromatic carbocycles. The standard InChI is InChI=1S/C10H13N3O/c1-13-6-8-3-7(5-11)4-9(14-2)10(8)12-13/h3-4,6H,5,11H2,1-2H3. The first-order valence-corrected chi connectivity index (χ1v) is 4.45. The van der Waals surface area contributed by atoms with Crippen LogP contribution in [0.15, 0.2) is 18.3 Å². The van der Waals surface area contributed by atoms with Gasteiger partial charge in [-0.1, -0.05) is 0 Å². The van der Waals surface area contributed by atoms with Crippen LogP contribution >= 0.6 is 0 Å². The number of hydrogen-bond acceptors (Lipinski definition) is 3. The molecule has 0 unspecified atom stereocenters. The van der Waals surface area contributed by atoms with E-state index in [-0.39, 0.29) is 0 Å². The van der Waals surface area contributed by atoms with Crippen molar-refractivity contribution < 1.29 is 4.74 Å². The summed E-state index contributed by atoms with van der Waals surface area (Å²) in [6.07, 6.45) is 1.96. The molecular weight excluding hydrogens is 178 g/mol. The van der Waals surface area contributed by atoms with Crippen LogP contribution in [0, 0.1) is 0 Å². The fourth-order valence-corrected chi connectivity index (χ4v) is 1.56. The van der Waals surface area contributed by atoms with Gasteiger partial charge in [0.15, 0.2) is 0 Å². The zero-order valence-electron chi connectivity index (χ0n) is 8.32. The molecule has 0 spiro atoms. The molecule has 4 nitrogen and oxygen atoms in total. The number of methoxy groups -OCH3 is 1. The highest BCUT2D eigenvalue weighted by atomic mass is 16.5. The second-order valence-corrected chi connectivity index (χ2v) is 3.24. The van der Waals surface area contributed by atoms with E-state index in [1.54, 1.807) is 11.8 Å². The number of fused-ring (bicyclic) bond motifs is 1. The molecule has 4 heteroatoms. The first-order valence-electron chi connectivity index (χ1n) is 4.45. The van der Waals surface area contributed by atoms with Crippen molar-refractivity contribution in [2.45, 2.75) is 6.54 Å². The topological polar surface area (TPSA) is 53.1 Å². The summed E-state index contributed by atoms with van der Waals surface area (Å²) in [5.41, 5.74) is 7.53. The summed E-state index contributed by atoms with van der Waals surface area (Å²) >= 11 is 0. The lowest BCUT2D eigenvalue weighted by Crippen LogP contribution is -1.97. The van der Waals surface area contributed by atoms with E-state index in [9.17, 15) is 0 Å². The summed E-state index contributed by atoms with van der Waals surface area (Å²) in [5, 5.41) is 5.37. The van der Waals surface area contributed by atoms with Gasteiger partial charge in [0.05, 0.1) is 7.11 Å². The number of rotatable bonds is 2. The van der Waals surface area contributed by atoms with Crippen molar-refractivity contribution in [3.8, 4) is 5.75 Å². The van der Waals surface area contributed by atoms with Gasteiger partial charge in [-0.15, -0.1) is 0 Å². The molecule has 1 aromatic heterocycles. The maximum Gasteiger partial charge on any atom is 0.147 e. The summed E-state index contributed by atoms with van der Waals surface area (Å²) in [5.74, 6) is 0.781. The molecular formula is C10H13N3O. The van der Waals surface area contributed by atoms with Gasteiger partial charge in [-0.3, -0.25) is 4.68 Å². The number of benzene rings is 1. The Morgan fingerprint density at radius 3 is 2.93 bits per heavy atom. The molecule has 0 atom stereocenters. The lowest BCUT2D eigenvalue weighted by Gasteiger charge is -2.03. The Morgan fingerprint density at radius 1 is 1.50 bits per heavy atom. The Kier molecular flexibility index (Phi) is 2.13. The van der Waals surface area contributed by atoms with E-state index in [1.807, 2.05) is 25.4 Å². The van der Waals surface area contributed by atoms with Crippen LogP contribution in [0.3, 0.4) is 0 Å². The van der Waals surface area contributed by atoms with Gasteiger partial charge in [-0.25, -0.2) is 0 Å². The van der Waals surface area contributed by atoms with Crippen LogP contribution in [0.2, 0.25) is 0 Å². The van der Waals surface area contributed by atoms with Gasteiger partial charge in [0.25, 0.3) is 0 Å². The molecule has 2 aromatic rings. The predicted octanol–water partition coefficient (Wildman–Crippen LogP) is 1.04. The zero-order valence-corrected chi connectivity index (χ0v) is 8.32. The van der Waals surface area contributed by atoms with E-state index in [0.717, 1.165) is 22.2 Å². The van der Waals surface area contributed by atoms with E-state index in [0.29, 0.717) is 6.54 Å². The van der Waals surface area contributed by atoms with E-state index in [2.05, 4.69) is 5.10 Å². The van der Waals surface area contributed by atoms with Crippen LogP contribution < -0.4 is 10.5 Å².